The topological polar surface area (TPSA) is 63.1 Å². The van der Waals surface area contributed by atoms with E-state index in [-0.39, 0.29) is 16.8 Å². The number of pyridine rings is 2. The summed E-state index contributed by atoms with van der Waals surface area (Å²) in [7, 11) is 0. The molecule has 24 heavy (non-hydrogen) atoms. The summed E-state index contributed by atoms with van der Waals surface area (Å²) in [4.78, 5) is 19.2. The zero-order valence-corrected chi connectivity index (χ0v) is 14.4. The molecule has 7 heteroatoms. The van der Waals surface area contributed by atoms with Crippen molar-refractivity contribution in [2.75, 3.05) is 0 Å². The van der Waals surface area contributed by atoms with Crippen LogP contribution >= 0.6 is 0 Å². The molecule has 0 unspecified atom stereocenters. The predicted octanol–water partition coefficient (Wildman–Crippen LogP) is 2.96. The van der Waals surface area contributed by atoms with Gasteiger partial charge in [-0.05, 0) is 0 Å². The Kier molecular flexibility index (Phi) is 4.46. The Bertz CT molecular complexity index is 933. The Morgan fingerprint density at radius 3 is 2.50 bits per heavy atom. The van der Waals surface area contributed by atoms with Gasteiger partial charge in [-0.3, -0.25) is 0 Å². The number of carboxylic acid groups (broad SMARTS) is 1. The fourth-order valence-corrected chi connectivity index (χ4v) is 3.27. The summed E-state index contributed by atoms with van der Waals surface area (Å²) in [5.74, 6) is -2.72. The van der Waals surface area contributed by atoms with Crippen molar-refractivity contribution in [1.82, 2.24) is 9.97 Å². The molecule has 0 amide bonds. The Morgan fingerprint density at radius 2 is 1.83 bits per heavy atom. The molecule has 0 aliphatic rings. The maximum atomic E-state index is 14.5. The summed E-state index contributed by atoms with van der Waals surface area (Å²) < 4.78 is 28.6. The van der Waals surface area contributed by atoms with Crippen molar-refractivity contribution in [2.24, 2.45) is 0 Å². The number of benzene rings is 1. The first kappa shape index (κ1) is 16.4. The Hall–Kier alpha value is -2.50. The number of hydrogen-bond acceptors (Lipinski definition) is 3. The third kappa shape index (κ3) is 2.96. The summed E-state index contributed by atoms with van der Waals surface area (Å²) in [6.45, 7) is 0. The van der Waals surface area contributed by atoms with Crippen LogP contribution in [0.2, 0.25) is 0 Å². The number of rotatable bonds is 3. The molecule has 3 rings (SSSR count). The second-order valence-corrected chi connectivity index (χ2v) is 6.03. The number of aromatic carboxylic acids is 1. The molecule has 2 aromatic heterocycles. The monoisotopic (exact) mass is 504 g/mol. The van der Waals surface area contributed by atoms with Gasteiger partial charge >= 0.3 is 146 Å². The zero-order chi connectivity index (χ0) is 17.3. The van der Waals surface area contributed by atoms with Crippen molar-refractivity contribution in [3.8, 4) is 22.4 Å². The first-order valence-electron chi connectivity index (χ1n) is 6.75. The molecule has 1 N–H and O–H groups in total. The van der Waals surface area contributed by atoms with Crippen molar-refractivity contribution in [2.45, 2.75) is 0 Å². The average Bonchev–Trinajstić information content (AvgIpc) is 2.55. The summed E-state index contributed by atoms with van der Waals surface area (Å²) in [6, 6.07) is 8.46. The molecular weight excluding hydrogens is 494 g/mol. The summed E-state index contributed by atoms with van der Waals surface area (Å²) in [5.41, 5.74) is 0.903. The Labute approximate surface area is 146 Å². The van der Waals surface area contributed by atoms with Gasteiger partial charge in [-0.2, -0.15) is 0 Å². The van der Waals surface area contributed by atoms with Gasteiger partial charge in [0.05, 0.1) is 0 Å². The number of halogens is 2. The summed E-state index contributed by atoms with van der Waals surface area (Å²) in [5, 5.41) is 9.21. The van der Waals surface area contributed by atoms with Crippen molar-refractivity contribution >= 4 is 10.0 Å². The van der Waals surface area contributed by atoms with E-state index < -0.39 is 17.6 Å². The fraction of sp³-hybridized carbons (Fsp3) is 0. The van der Waals surface area contributed by atoms with Crippen molar-refractivity contribution in [3.05, 3.63) is 66.1 Å². The van der Waals surface area contributed by atoms with Gasteiger partial charge in [0.25, 0.3) is 0 Å². The van der Waals surface area contributed by atoms with Crippen LogP contribution in [0.5, 0.6) is 0 Å². The molecule has 1 aromatic carbocycles. The third-order valence-corrected chi connectivity index (χ3v) is 4.55. The van der Waals surface area contributed by atoms with Crippen LogP contribution in [0.4, 0.5) is 8.78 Å². The number of hydrogen-bond donors (Lipinski definition) is 1. The van der Waals surface area contributed by atoms with Gasteiger partial charge in [0.1, 0.15) is 0 Å². The molecule has 0 aliphatic carbocycles. The van der Waals surface area contributed by atoms with E-state index in [9.17, 15) is 18.7 Å². The van der Waals surface area contributed by atoms with Crippen LogP contribution in [0.1, 0.15) is 10.5 Å². The van der Waals surface area contributed by atoms with E-state index in [2.05, 4.69) is 9.97 Å². The molecule has 0 bridgehead atoms. The number of carbonyl (C=O) groups is 1. The van der Waals surface area contributed by atoms with Crippen LogP contribution in [0.15, 0.2) is 48.8 Å². The molecule has 0 saturated carbocycles. The van der Waals surface area contributed by atoms with E-state index in [1.165, 1.54) is 24.5 Å². The quantitative estimate of drug-likeness (QED) is 0.597. The van der Waals surface area contributed by atoms with Crippen molar-refractivity contribution in [1.29, 1.82) is 0 Å². The number of carboxylic acids is 1. The van der Waals surface area contributed by atoms with E-state index in [4.69, 9.17) is 0 Å². The van der Waals surface area contributed by atoms with E-state index in [1.807, 2.05) is 0 Å². The van der Waals surface area contributed by atoms with Gasteiger partial charge in [0.2, 0.25) is 0 Å². The van der Waals surface area contributed by atoms with Gasteiger partial charge in [0.15, 0.2) is 0 Å². The number of nitrogens with zero attached hydrogens (tertiary/aromatic N) is 2. The standard InChI is InChI=1S/C17H9F2N2O2.Ir/c18-11-8-12(10-4-6-21-15(7-10)17(22)23)16(13(19)9-11)14-3-1-2-5-20-14;/h1-6,8-9H,(H,22,23);. The van der Waals surface area contributed by atoms with Crippen molar-refractivity contribution < 1.29 is 37.6 Å². The predicted molar refractivity (Wildman–Crippen MR) is 79.4 cm³/mol. The van der Waals surface area contributed by atoms with Gasteiger partial charge in [-0.15, -0.1) is 0 Å². The summed E-state index contributed by atoms with van der Waals surface area (Å²) in [6.07, 6.45) is 2.81. The molecule has 0 saturated heterocycles. The molecule has 0 atom stereocenters. The normalized spacial score (nSPS) is 10.7. The second kappa shape index (κ2) is 6.55. The van der Waals surface area contributed by atoms with Gasteiger partial charge in [-0.1, -0.05) is 0 Å². The third-order valence-electron chi connectivity index (χ3n) is 3.34. The van der Waals surface area contributed by atoms with Crippen LogP contribution in [0.3, 0.4) is 0 Å². The zero-order valence-electron chi connectivity index (χ0n) is 12.0. The molecular formula is C17H9F2IrN2O2. The van der Waals surface area contributed by atoms with E-state index in [1.54, 1.807) is 37.1 Å². The molecule has 4 nitrogen and oxygen atoms in total. The van der Waals surface area contributed by atoms with E-state index >= 15 is 0 Å². The van der Waals surface area contributed by atoms with Crippen LogP contribution in [0.25, 0.3) is 22.4 Å². The summed E-state index contributed by atoms with van der Waals surface area (Å²) >= 11 is 1.55. The van der Waals surface area contributed by atoms with Crippen LogP contribution < -0.4 is 4.08 Å². The minimum absolute atomic E-state index is 0.114. The molecule has 0 fully saturated rings. The maximum absolute atomic E-state index is 14.5. The molecule has 0 spiro atoms. The van der Waals surface area contributed by atoms with E-state index in [0.717, 1.165) is 6.07 Å². The molecule has 122 valence electrons. The average molecular weight is 503 g/mol. The van der Waals surface area contributed by atoms with Crippen molar-refractivity contribution in [3.63, 3.8) is 0 Å². The van der Waals surface area contributed by atoms with Crippen LogP contribution in [0, 0.1) is 11.6 Å². The van der Waals surface area contributed by atoms with Crippen LogP contribution in [-0.2, 0) is 18.9 Å². The van der Waals surface area contributed by atoms with Gasteiger partial charge in [0, 0.05) is 0 Å². The first-order chi connectivity index (χ1) is 11.5. The van der Waals surface area contributed by atoms with E-state index in [0.29, 0.717) is 15.3 Å². The molecule has 3 aromatic rings. The van der Waals surface area contributed by atoms with Gasteiger partial charge in [-0.25, -0.2) is 0 Å². The fourth-order valence-electron chi connectivity index (χ4n) is 2.34. The molecule has 0 aliphatic heterocycles. The second-order valence-electron chi connectivity index (χ2n) is 4.83. The molecule has 0 radical (unpaired) electrons. The van der Waals surface area contributed by atoms with Crippen LogP contribution in [-0.4, -0.2) is 21.0 Å². The molecule has 2 heterocycles. The SMILES string of the molecule is O=C(O)c1nccc(-c2cc(F)cc(F)c2-c2ccccn2)[c]1[Ir]. The number of aromatic nitrogens is 2. The first-order valence-corrected chi connectivity index (χ1v) is 7.95. The Morgan fingerprint density at radius 1 is 1.04 bits per heavy atom. The minimum atomic E-state index is -1.20. The Balaban J connectivity index is 2.34. The van der Waals surface area contributed by atoms with Gasteiger partial charge < -0.3 is 0 Å².